The van der Waals surface area contributed by atoms with Crippen molar-refractivity contribution in [3.05, 3.63) is 5.69 Å². The number of nitrogen functional groups attached to an aromatic ring is 1. The van der Waals surface area contributed by atoms with E-state index in [1.54, 1.807) is 23.7 Å². The van der Waals surface area contributed by atoms with Crippen LogP contribution in [0.25, 0.3) is 0 Å². The van der Waals surface area contributed by atoms with Crippen LogP contribution in [0.4, 0.5) is 11.5 Å². The molecule has 0 aromatic carbocycles. The highest BCUT2D eigenvalue weighted by Gasteiger charge is 2.15. The topological polar surface area (TPSA) is 90.2 Å². The molecule has 0 atom stereocenters. The van der Waals surface area contributed by atoms with Gasteiger partial charge in [-0.1, -0.05) is 0 Å². The summed E-state index contributed by atoms with van der Waals surface area (Å²) in [5.74, 6) is 0.312. The molecular formula is C8H15N5O. The van der Waals surface area contributed by atoms with E-state index >= 15 is 0 Å². The van der Waals surface area contributed by atoms with E-state index < -0.39 is 5.91 Å². The number of nitrogens with zero attached hydrogens (tertiary/aromatic N) is 3. The second kappa shape index (κ2) is 3.57. The van der Waals surface area contributed by atoms with Gasteiger partial charge in [0, 0.05) is 14.1 Å². The highest BCUT2D eigenvalue weighted by Crippen LogP contribution is 2.23. The fourth-order valence-corrected chi connectivity index (χ4v) is 1.42. The Morgan fingerprint density at radius 3 is 2.57 bits per heavy atom. The average Bonchev–Trinajstić information content (AvgIpc) is 2.25. The molecule has 0 aliphatic rings. The molecule has 0 fully saturated rings. The van der Waals surface area contributed by atoms with Crippen molar-refractivity contribution in [3.8, 4) is 0 Å². The van der Waals surface area contributed by atoms with Crippen LogP contribution < -0.4 is 16.4 Å². The predicted molar refractivity (Wildman–Crippen MR) is 54.8 cm³/mol. The molecule has 0 radical (unpaired) electrons. The number of rotatable bonds is 3. The smallest absolute Gasteiger partial charge is 0.236 e. The zero-order valence-corrected chi connectivity index (χ0v) is 8.61. The molecule has 4 N–H and O–H groups in total. The van der Waals surface area contributed by atoms with Gasteiger partial charge in [0.15, 0.2) is 5.82 Å². The predicted octanol–water partition coefficient (Wildman–Crippen LogP) is -0.768. The third kappa shape index (κ3) is 1.78. The summed E-state index contributed by atoms with van der Waals surface area (Å²) in [5.41, 5.74) is 12.2. The Bertz CT molecular complexity index is 357. The number of carbonyl (C=O) groups is 1. The van der Waals surface area contributed by atoms with Gasteiger partial charge in [-0.2, -0.15) is 5.10 Å². The molecule has 0 bridgehead atoms. The number of anilines is 2. The quantitative estimate of drug-likeness (QED) is 0.666. The molecule has 1 aromatic heterocycles. The van der Waals surface area contributed by atoms with Gasteiger partial charge in [-0.05, 0) is 6.92 Å². The normalized spacial score (nSPS) is 10.2. The molecule has 1 amide bonds. The van der Waals surface area contributed by atoms with Crippen LogP contribution >= 0.6 is 0 Å². The second-order valence-corrected chi connectivity index (χ2v) is 3.27. The maximum Gasteiger partial charge on any atom is 0.236 e. The van der Waals surface area contributed by atoms with Crippen molar-refractivity contribution in [1.29, 1.82) is 0 Å². The van der Waals surface area contributed by atoms with E-state index in [4.69, 9.17) is 11.5 Å². The van der Waals surface area contributed by atoms with Crippen LogP contribution in [0, 0.1) is 6.92 Å². The molecular weight excluding hydrogens is 182 g/mol. The molecule has 0 aliphatic carbocycles. The molecule has 1 rings (SSSR count). The first-order valence-corrected chi connectivity index (χ1v) is 4.22. The lowest BCUT2D eigenvalue weighted by Gasteiger charge is -2.17. The molecule has 14 heavy (non-hydrogen) atoms. The number of hydrogen-bond acceptors (Lipinski definition) is 4. The first-order valence-electron chi connectivity index (χ1n) is 4.22. The van der Waals surface area contributed by atoms with Gasteiger partial charge in [0.05, 0.1) is 17.9 Å². The van der Waals surface area contributed by atoms with Gasteiger partial charge in [0.25, 0.3) is 0 Å². The molecule has 0 saturated carbocycles. The van der Waals surface area contributed by atoms with Gasteiger partial charge in [-0.25, -0.2) is 0 Å². The number of primary amides is 1. The minimum atomic E-state index is -0.397. The molecule has 0 spiro atoms. The van der Waals surface area contributed by atoms with E-state index in [-0.39, 0.29) is 6.54 Å². The van der Waals surface area contributed by atoms with Gasteiger partial charge in [-0.15, -0.1) is 0 Å². The number of aryl methyl sites for hydroxylation is 2. The van der Waals surface area contributed by atoms with Crippen LogP contribution in [0.15, 0.2) is 0 Å². The van der Waals surface area contributed by atoms with Crippen molar-refractivity contribution in [1.82, 2.24) is 9.78 Å². The van der Waals surface area contributed by atoms with Crippen LogP contribution in [0.2, 0.25) is 0 Å². The van der Waals surface area contributed by atoms with Crippen LogP contribution in [0.1, 0.15) is 5.69 Å². The molecule has 1 aromatic rings. The number of nitrogens with two attached hydrogens (primary N) is 2. The van der Waals surface area contributed by atoms with E-state index in [0.717, 1.165) is 5.69 Å². The third-order valence-electron chi connectivity index (χ3n) is 1.99. The lowest BCUT2D eigenvalue weighted by molar-refractivity contribution is -0.116. The summed E-state index contributed by atoms with van der Waals surface area (Å²) in [4.78, 5) is 12.4. The van der Waals surface area contributed by atoms with E-state index in [9.17, 15) is 4.79 Å². The Labute approximate surface area is 82.5 Å². The average molecular weight is 197 g/mol. The Hall–Kier alpha value is -1.72. The largest absolute Gasteiger partial charge is 0.394 e. The van der Waals surface area contributed by atoms with Gasteiger partial charge >= 0.3 is 0 Å². The SMILES string of the molecule is Cc1nn(C)c(N(C)CC(N)=O)c1N. The van der Waals surface area contributed by atoms with E-state index in [0.29, 0.717) is 11.5 Å². The van der Waals surface area contributed by atoms with Gasteiger partial charge in [0.2, 0.25) is 5.91 Å². The molecule has 6 heteroatoms. The molecule has 1 heterocycles. The monoisotopic (exact) mass is 197 g/mol. The van der Waals surface area contributed by atoms with E-state index in [1.807, 2.05) is 6.92 Å². The van der Waals surface area contributed by atoms with Crippen molar-refractivity contribution in [2.45, 2.75) is 6.92 Å². The Kier molecular flexibility index (Phi) is 2.64. The van der Waals surface area contributed by atoms with Crippen molar-refractivity contribution < 1.29 is 4.79 Å². The minimum Gasteiger partial charge on any atom is -0.394 e. The van der Waals surface area contributed by atoms with Crippen LogP contribution in [-0.4, -0.2) is 29.3 Å². The number of carbonyl (C=O) groups excluding carboxylic acids is 1. The zero-order valence-electron chi connectivity index (χ0n) is 8.61. The van der Waals surface area contributed by atoms with Crippen LogP contribution in [-0.2, 0) is 11.8 Å². The highest BCUT2D eigenvalue weighted by atomic mass is 16.1. The molecule has 0 unspecified atom stereocenters. The first-order chi connectivity index (χ1) is 6.43. The summed E-state index contributed by atoms with van der Waals surface area (Å²) < 4.78 is 1.63. The Balaban J connectivity index is 2.99. The molecule has 0 saturated heterocycles. The van der Waals surface area contributed by atoms with Gasteiger partial charge in [0.1, 0.15) is 0 Å². The lowest BCUT2D eigenvalue weighted by Crippen LogP contribution is -2.32. The zero-order chi connectivity index (χ0) is 10.9. The van der Waals surface area contributed by atoms with Crippen LogP contribution in [0.5, 0.6) is 0 Å². The van der Waals surface area contributed by atoms with Crippen molar-refractivity contribution in [2.75, 3.05) is 24.2 Å². The van der Waals surface area contributed by atoms with Crippen molar-refractivity contribution in [3.63, 3.8) is 0 Å². The third-order valence-corrected chi connectivity index (χ3v) is 1.99. The molecule has 78 valence electrons. The summed E-state index contributed by atoms with van der Waals surface area (Å²) in [6, 6.07) is 0. The van der Waals surface area contributed by atoms with Crippen molar-refractivity contribution in [2.24, 2.45) is 12.8 Å². The number of likely N-dealkylation sites (N-methyl/N-ethyl adjacent to an activating group) is 1. The Morgan fingerprint density at radius 2 is 2.21 bits per heavy atom. The number of hydrogen-bond donors (Lipinski definition) is 2. The summed E-state index contributed by atoms with van der Waals surface area (Å²) in [5, 5.41) is 4.14. The van der Waals surface area contributed by atoms with Crippen LogP contribution in [0.3, 0.4) is 0 Å². The second-order valence-electron chi connectivity index (χ2n) is 3.27. The summed E-state index contributed by atoms with van der Waals surface area (Å²) in [6.45, 7) is 1.94. The summed E-state index contributed by atoms with van der Waals surface area (Å²) in [7, 11) is 3.52. The molecule has 6 nitrogen and oxygen atoms in total. The fourth-order valence-electron chi connectivity index (χ4n) is 1.42. The Morgan fingerprint density at radius 1 is 1.64 bits per heavy atom. The lowest BCUT2D eigenvalue weighted by atomic mass is 10.3. The van der Waals surface area contributed by atoms with E-state index in [1.165, 1.54) is 0 Å². The maximum atomic E-state index is 10.7. The highest BCUT2D eigenvalue weighted by molar-refractivity contribution is 5.80. The van der Waals surface area contributed by atoms with E-state index in [2.05, 4.69) is 5.10 Å². The number of aromatic nitrogens is 2. The number of amides is 1. The molecule has 0 aliphatic heterocycles. The standard InChI is InChI=1S/C8H15N5O/c1-5-7(10)8(13(3)11-5)12(2)4-6(9)14/h4,10H2,1-3H3,(H2,9,14). The summed E-state index contributed by atoms with van der Waals surface area (Å²) in [6.07, 6.45) is 0. The maximum absolute atomic E-state index is 10.7. The van der Waals surface area contributed by atoms with Gasteiger partial charge in [-0.3, -0.25) is 9.48 Å². The summed E-state index contributed by atoms with van der Waals surface area (Å²) >= 11 is 0. The first kappa shape index (κ1) is 10.4. The van der Waals surface area contributed by atoms with Crippen molar-refractivity contribution >= 4 is 17.4 Å². The fraction of sp³-hybridized carbons (Fsp3) is 0.500. The minimum absolute atomic E-state index is 0.128. The van der Waals surface area contributed by atoms with Gasteiger partial charge < -0.3 is 16.4 Å².